The molecule has 2 aromatic carbocycles. The highest BCUT2D eigenvalue weighted by Gasteiger charge is 2.30. The zero-order chi connectivity index (χ0) is 24.4. The molecular formula is C26H27FN4O4. The molecule has 35 heavy (non-hydrogen) atoms. The molecule has 1 aliphatic heterocycles. The van der Waals surface area contributed by atoms with E-state index >= 15 is 0 Å². The van der Waals surface area contributed by atoms with E-state index in [0.29, 0.717) is 31.0 Å². The molecule has 8 nitrogen and oxygen atoms in total. The molecule has 2 aliphatic rings. The van der Waals surface area contributed by atoms with Crippen LogP contribution < -0.4 is 10.2 Å². The molecule has 1 fully saturated rings. The van der Waals surface area contributed by atoms with Gasteiger partial charge in [-0.25, -0.2) is 13.9 Å². The second kappa shape index (κ2) is 9.87. The van der Waals surface area contributed by atoms with Crippen LogP contribution in [0.25, 0.3) is 5.69 Å². The van der Waals surface area contributed by atoms with Crippen LogP contribution >= 0.6 is 0 Å². The maximum Gasteiger partial charge on any atom is 0.359 e. The largest absolute Gasteiger partial charge is 0.448 e. The lowest BCUT2D eigenvalue weighted by atomic mass is 10.2. The number of anilines is 2. The van der Waals surface area contributed by atoms with Gasteiger partial charge in [-0.05, 0) is 74.7 Å². The third kappa shape index (κ3) is 4.90. The molecule has 1 saturated heterocycles. The Morgan fingerprint density at radius 3 is 2.43 bits per heavy atom. The van der Waals surface area contributed by atoms with Crippen molar-refractivity contribution in [2.45, 2.75) is 32.3 Å². The van der Waals surface area contributed by atoms with Crippen LogP contribution in [0, 0.1) is 5.82 Å². The van der Waals surface area contributed by atoms with E-state index in [2.05, 4.69) is 15.3 Å². The molecule has 1 N–H and O–H groups in total. The molecule has 1 aliphatic carbocycles. The summed E-state index contributed by atoms with van der Waals surface area (Å²) >= 11 is 0. The number of hydrogen-bond acceptors (Lipinski definition) is 6. The molecule has 0 radical (unpaired) electrons. The monoisotopic (exact) mass is 478 g/mol. The normalized spacial score (nSPS) is 16.0. The van der Waals surface area contributed by atoms with E-state index in [1.54, 1.807) is 16.8 Å². The second-order valence-corrected chi connectivity index (χ2v) is 8.70. The number of ether oxygens (including phenoxy) is 2. The van der Waals surface area contributed by atoms with Crippen LogP contribution in [0.5, 0.6) is 0 Å². The molecule has 3 aromatic rings. The highest BCUT2D eigenvalue weighted by Crippen LogP contribution is 2.28. The van der Waals surface area contributed by atoms with Gasteiger partial charge in [0, 0.05) is 35.7 Å². The van der Waals surface area contributed by atoms with Crippen LogP contribution in [-0.4, -0.2) is 54.1 Å². The zero-order valence-electron chi connectivity index (χ0n) is 19.5. The number of benzene rings is 2. The Kier molecular flexibility index (Phi) is 6.50. The van der Waals surface area contributed by atoms with Crippen LogP contribution in [0.4, 0.5) is 15.8 Å². The average Bonchev–Trinajstić information content (AvgIpc) is 3.49. The van der Waals surface area contributed by atoms with E-state index in [1.165, 1.54) is 19.1 Å². The Labute approximate surface area is 202 Å². The summed E-state index contributed by atoms with van der Waals surface area (Å²) in [5.41, 5.74) is 4.31. The molecular weight excluding hydrogens is 451 g/mol. The van der Waals surface area contributed by atoms with Crippen molar-refractivity contribution >= 4 is 23.3 Å². The van der Waals surface area contributed by atoms with Gasteiger partial charge in [0.2, 0.25) is 0 Å². The third-order valence-corrected chi connectivity index (χ3v) is 6.36. The summed E-state index contributed by atoms with van der Waals surface area (Å²) in [6.45, 7) is 4.60. The predicted molar refractivity (Wildman–Crippen MR) is 129 cm³/mol. The van der Waals surface area contributed by atoms with Crippen LogP contribution in [0.3, 0.4) is 0 Å². The number of carbonyl (C=O) groups excluding carboxylic acids is 2. The van der Waals surface area contributed by atoms with E-state index in [0.717, 1.165) is 42.9 Å². The lowest BCUT2D eigenvalue weighted by Gasteiger charge is -2.28. The summed E-state index contributed by atoms with van der Waals surface area (Å²) < 4.78 is 25.9. The number of halogens is 1. The number of esters is 1. The molecule has 1 aromatic heterocycles. The fourth-order valence-corrected chi connectivity index (χ4v) is 4.49. The number of fused-ring (bicyclic) bond motifs is 1. The van der Waals surface area contributed by atoms with E-state index in [9.17, 15) is 14.0 Å². The number of nitrogens with zero attached hydrogens (tertiary/aromatic N) is 3. The Balaban J connectivity index is 1.24. The van der Waals surface area contributed by atoms with Crippen molar-refractivity contribution in [3.63, 3.8) is 0 Å². The molecule has 1 amide bonds. The van der Waals surface area contributed by atoms with Crippen molar-refractivity contribution < 1.29 is 23.5 Å². The Morgan fingerprint density at radius 2 is 1.71 bits per heavy atom. The fraction of sp³-hybridized carbons (Fsp3) is 0.346. The van der Waals surface area contributed by atoms with Crippen LogP contribution in [0.1, 0.15) is 35.1 Å². The third-order valence-electron chi connectivity index (χ3n) is 6.36. The lowest BCUT2D eigenvalue weighted by Crippen LogP contribution is -2.36. The SMILES string of the molecule is CC(OC(=O)c1nn(-c2ccc(F)cc2)c2c1CCC2)C(=O)Nc1ccc(N2CCOCC2)cc1. The molecule has 2 heterocycles. The van der Waals surface area contributed by atoms with Gasteiger partial charge >= 0.3 is 5.97 Å². The highest BCUT2D eigenvalue weighted by molar-refractivity contribution is 5.97. The molecule has 0 saturated carbocycles. The van der Waals surface area contributed by atoms with Crippen molar-refractivity contribution in [3.8, 4) is 5.69 Å². The maximum atomic E-state index is 13.3. The minimum absolute atomic E-state index is 0.205. The molecule has 5 rings (SSSR count). The minimum Gasteiger partial charge on any atom is -0.448 e. The van der Waals surface area contributed by atoms with Crippen LogP contribution in [0.15, 0.2) is 48.5 Å². The number of nitrogens with one attached hydrogen (secondary N) is 1. The molecule has 0 bridgehead atoms. The van der Waals surface area contributed by atoms with E-state index < -0.39 is 18.0 Å². The number of rotatable bonds is 6. The van der Waals surface area contributed by atoms with Crippen molar-refractivity contribution in [1.82, 2.24) is 9.78 Å². The van der Waals surface area contributed by atoms with Crippen LogP contribution in [-0.2, 0) is 27.1 Å². The Hall–Kier alpha value is -3.72. The van der Waals surface area contributed by atoms with Gasteiger partial charge in [-0.2, -0.15) is 5.10 Å². The average molecular weight is 479 g/mol. The van der Waals surface area contributed by atoms with Gasteiger partial charge in [-0.1, -0.05) is 0 Å². The topological polar surface area (TPSA) is 85.7 Å². The Bertz CT molecular complexity index is 1220. The van der Waals surface area contributed by atoms with Gasteiger partial charge < -0.3 is 19.7 Å². The van der Waals surface area contributed by atoms with Gasteiger partial charge in [-0.3, -0.25) is 4.79 Å². The van der Waals surface area contributed by atoms with E-state index in [-0.39, 0.29) is 11.5 Å². The van der Waals surface area contributed by atoms with Gasteiger partial charge in [-0.15, -0.1) is 0 Å². The first-order valence-electron chi connectivity index (χ1n) is 11.8. The first kappa shape index (κ1) is 23.0. The van der Waals surface area contributed by atoms with Crippen molar-refractivity contribution in [3.05, 3.63) is 71.3 Å². The first-order chi connectivity index (χ1) is 17.0. The number of morpholine rings is 1. The van der Waals surface area contributed by atoms with Gasteiger partial charge in [0.25, 0.3) is 5.91 Å². The zero-order valence-corrected chi connectivity index (χ0v) is 19.5. The van der Waals surface area contributed by atoms with Gasteiger partial charge in [0.15, 0.2) is 11.8 Å². The molecule has 182 valence electrons. The van der Waals surface area contributed by atoms with Crippen LogP contribution in [0.2, 0.25) is 0 Å². The Morgan fingerprint density at radius 1 is 1.03 bits per heavy atom. The van der Waals surface area contributed by atoms with Gasteiger partial charge in [0.1, 0.15) is 5.82 Å². The van der Waals surface area contributed by atoms with E-state index in [1.807, 2.05) is 24.3 Å². The summed E-state index contributed by atoms with van der Waals surface area (Å²) in [4.78, 5) is 27.8. The number of carbonyl (C=O) groups is 2. The minimum atomic E-state index is -1.01. The van der Waals surface area contributed by atoms with Crippen molar-refractivity contribution in [2.24, 2.45) is 0 Å². The number of aromatic nitrogens is 2. The highest BCUT2D eigenvalue weighted by atomic mass is 19.1. The fourth-order valence-electron chi connectivity index (χ4n) is 4.49. The predicted octanol–water partition coefficient (Wildman–Crippen LogP) is 3.52. The number of hydrogen-bond donors (Lipinski definition) is 1. The first-order valence-corrected chi connectivity index (χ1v) is 11.8. The summed E-state index contributed by atoms with van der Waals surface area (Å²) in [6, 6.07) is 13.5. The molecule has 1 atom stereocenters. The quantitative estimate of drug-likeness (QED) is 0.546. The number of amides is 1. The molecule has 9 heteroatoms. The smallest absolute Gasteiger partial charge is 0.359 e. The standard InChI is InChI=1S/C26H27FN4O4/c1-17(25(32)28-19-7-11-20(12-8-19)30-13-15-34-16-14-30)35-26(33)24-22-3-2-4-23(22)31(29-24)21-9-5-18(27)6-10-21/h5-12,17H,2-4,13-16H2,1H3,(H,28,32). The maximum absolute atomic E-state index is 13.3. The summed E-state index contributed by atoms with van der Waals surface area (Å²) in [5.74, 6) is -1.41. The van der Waals surface area contributed by atoms with Crippen molar-refractivity contribution in [1.29, 1.82) is 0 Å². The summed E-state index contributed by atoms with van der Waals surface area (Å²) in [7, 11) is 0. The molecule has 1 unspecified atom stereocenters. The second-order valence-electron chi connectivity index (χ2n) is 8.70. The lowest BCUT2D eigenvalue weighted by molar-refractivity contribution is -0.123. The van der Waals surface area contributed by atoms with E-state index in [4.69, 9.17) is 9.47 Å². The van der Waals surface area contributed by atoms with Crippen molar-refractivity contribution in [2.75, 3.05) is 36.5 Å². The summed E-state index contributed by atoms with van der Waals surface area (Å²) in [6.07, 6.45) is 1.36. The summed E-state index contributed by atoms with van der Waals surface area (Å²) in [5, 5.41) is 7.25. The molecule has 0 spiro atoms. The van der Waals surface area contributed by atoms with Gasteiger partial charge in [0.05, 0.1) is 18.9 Å².